The number of para-hydroxylation sites is 1. The third-order valence-electron chi connectivity index (χ3n) is 9.19. The molecule has 230 valence electrons. The molecule has 1 fully saturated rings. The van der Waals surface area contributed by atoms with Crippen molar-refractivity contribution in [1.82, 2.24) is 4.90 Å². The Balaban J connectivity index is 1.48. The summed E-state index contributed by atoms with van der Waals surface area (Å²) in [6.07, 6.45) is 3.73. The molecule has 0 radical (unpaired) electrons. The van der Waals surface area contributed by atoms with Gasteiger partial charge in [-0.15, -0.1) is 0 Å². The summed E-state index contributed by atoms with van der Waals surface area (Å²) in [6.45, 7) is 1.30. The van der Waals surface area contributed by atoms with Crippen LogP contribution < -0.4 is 19.5 Å². The maximum absolute atomic E-state index is 15.1. The normalized spacial score (nSPS) is 22.0. The molecule has 0 aromatic heterocycles. The van der Waals surface area contributed by atoms with Gasteiger partial charge in [-0.2, -0.15) is 0 Å². The van der Waals surface area contributed by atoms with E-state index in [1.54, 1.807) is 42.5 Å². The van der Waals surface area contributed by atoms with Gasteiger partial charge in [-0.05, 0) is 71.3 Å². The lowest BCUT2D eigenvalue weighted by Gasteiger charge is -2.38. The van der Waals surface area contributed by atoms with Crippen molar-refractivity contribution in [1.29, 1.82) is 0 Å². The number of hydrogen-bond acceptors (Lipinski definition) is 8. The first-order valence-electron chi connectivity index (χ1n) is 14.8. The maximum atomic E-state index is 15.1. The van der Waals surface area contributed by atoms with Gasteiger partial charge >= 0.3 is 5.97 Å². The topological polar surface area (TPSA) is 111 Å². The molecule has 4 aromatic carbocycles. The summed E-state index contributed by atoms with van der Waals surface area (Å²) in [7, 11) is 2.99. The molecule has 4 aromatic rings. The number of anilines is 1. The van der Waals surface area contributed by atoms with Crippen LogP contribution in [0, 0.1) is 5.92 Å². The molecule has 1 N–H and O–H groups in total. The highest BCUT2D eigenvalue weighted by atomic mass is 16.5. The minimum absolute atomic E-state index is 0.277. The van der Waals surface area contributed by atoms with Crippen molar-refractivity contribution in [2.24, 2.45) is 5.92 Å². The van der Waals surface area contributed by atoms with E-state index < -0.39 is 29.4 Å². The van der Waals surface area contributed by atoms with Crippen molar-refractivity contribution in [3.63, 3.8) is 0 Å². The van der Waals surface area contributed by atoms with Crippen molar-refractivity contribution in [3.05, 3.63) is 125 Å². The Labute approximate surface area is 265 Å². The van der Waals surface area contributed by atoms with Gasteiger partial charge < -0.3 is 24.4 Å². The molecule has 0 saturated carbocycles. The molecule has 0 unspecified atom stereocenters. The van der Waals surface area contributed by atoms with Crippen molar-refractivity contribution < 1.29 is 33.4 Å². The molecule has 46 heavy (non-hydrogen) atoms. The molecule has 3 aliphatic heterocycles. The minimum atomic E-state index is -1.47. The molecule has 9 heteroatoms. The highest BCUT2D eigenvalue weighted by Crippen LogP contribution is 2.62. The summed E-state index contributed by atoms with van der Waals surface area (Å²) in [5, 5.41) is 3.05. The fourth-order valence-corrected chi connectivity index (χ4v) is 7.36. The van der Waals surface area contributed by atoms with Crippen LogP contribution in [-0.2, 0) is 15.0 Å². The Bertz CT molecular complexity index is 1950. The van der Waals surface area contributed by atoms with Gasteiger partial charge in [0.1, 0.15) is 17.2 Å². The quantitative estimate of drug-likeness (QED) is 0.163. The number of benzene rings is 4. The molecule has 0 bridgehead atoms. The average Bonchev–Trinajstić information content (AvgIpc) is 3.55. The minimum Gasteiger partial charge on any atom is -0.493 e. The van der Waals surface area contributed by atoms with Gasteiger partial charge in [-0.3, -0.25) is 19.2 Å². The lowest BCUT2D eigenvalue weighted by atomic mass is 9.62. The predicted molar refractivity (Wildman–Crippen MR) is 170 cm³/mol. The predicted octanol–water partition coefficient (Wildman–Crippen LogP) is 5.61. The second-order valence-corrected chi connectivity index (χ2v) is 11.5. The third-order valence-corrected chi connectivity index (χ3v) is 9.19. The zero-order valence-corrected chi connectivity index (χ0v) is 25.4. The molecule has 9 nitrogen and oxygen atoms in total. The lowest BCUT2D eigenvalue weighted by molar-refractivity contribution is -0.131. The number of esters is 1. The Morgan fingerprint density at radius 2 is 1.50 bits per heavy atom. The van der Waals surface area contributed by atoms with Crippen molar-refractivity contribution in [3.8, 4) is 17.2 Å². The number of rotatable bonds is 7. The number of nitrogens with zero attached hydrogens (tertiary/aromatic N) is 1. The number of fused-ring (bicyclic) bond motifs is 6. The summed E-state index contributed by atoms with van der Waals surface area (Å²) in [5.41, 5.74) is 2.10. The number of ketones is 2. The summed E-state index contributed by atoms with van der Waals surface area (Å²) in [5.74, 6) is -1.65. The molecule has 1 saturated heterocycles. The van der Waals surface area contributed by atoms with E-state index in [0.29, 0.717) is 34.1 Å². The SMILES string of the molecule is COc1ccc(C(=O)[C@@H]2[C@H](C(=O)c3ccc(OC(C)=O)cc3)N3C=Cc4ccccc4[C@@H]3[C@]23C(=O)Nc2ccccc23)cc1OC. The first-order chi connectivity index (χ1) is 22.3. The van der Waals surface area contributed by atoms with Crippen LogP contribution in [0.5, 0.6) is 17.2 Å². The Morgan fingerprint density at radius 1 is 0.804 bits per heavy atom. The molecule has 1 amide bonds. The summed E-state index contributed by atoms with van der Waals surface area (Å²) < 4.78 is 16.1. The maximum Gasteiger partial charge on any atom is 0.308 e. The second kappa shape index (κ2) is 11.0. The molecule has 1 spiro atoms. The number of hydrogen-bond donors (Lipinski definition) is 1. The standard InChI is InChI=1S/C37H30N2O7/c1-21(40)46-25-15-12-23(13-16-25)34(42)32-31(33(41)24-14-17-29(44-2)30(20-24)45-3)37(27-10-6-7-11-28(27)38-36(37)43)35-26-9-5-4-8-22(26)18-19-39(32)35/h4-20,31-32,35H,1-3H3,(H,38,43)/t31-,32+,35+,37+/m0/s1. The number of carbonyl (C=O) groups excluding carboxylic acids is 4. The van der Waals surface area contributed by atoms with E-state index in [0.717, 1.165) is 11.1 Å². The van der Waals surface area contributed by atoms with Gasteiger partial charge in [-0.25, -0.2) is 0 Å². The van der Waals surface area contributed by atoms with E-state index in [-0.39, 0.29) is 23.0 Å². The number of amides is 1. The molecule has 3 aliphatic rings. The zero-order valence-electron chi connectivity index (χ0n) is 25.4. The molecular weight excluding hydrogens is 584 g/mol. The van der Waals surface area contributed by atoms with Crippen LogP contribution in [0.25, 0.3) is 6.08 Å². The first-order valence-corrected chi connectivity index (χ1v) is 14.8. The summed E-state index contributed by atoms with van der Waals surface area (Å²) >= 11 is 0. The molecule has 7 rings (SSSR count). The number of nitrogens with one attached hydrogen (secondary N) is 1. The number of carbonyl (C=O) groups is 4. The van der Waals surface area contributed by atoms with Crippen LogP contribution in [0.4, 0.5) is 5.69 Å². The van der Waals surface area contributed by atoms with E-state index in [1.165, 1.54) is 21.1 Å². The highest BCUT2D eigenvalue weighted by Gasteiger charge is 2.70. The van der Waals surface area contributed by atoms with Crippen molar-refractivity contribution >= 4 is 35.2 Å². The van der Waals surface area contributed by atoms with Gasteiger partial charge in [0.25, 0.3) is 0 Å². The summed E-state index contributed by atoms with van der Waals surface area (Å²) in [6, 6.07) is 24.4. The third kappa shape index (κ3) is 4.23. The second-order valence-electron chi connectivity index (χ2n) is 11.5. The van der Waals surface area contributed by atoms with Gasteiger partial charge in [0, 0.05) is 29.9 Å². The van der Waals surface area contributed by atoms with Crippen LogP contribution >= 0.6 is 0 Å². The van der Waals surface area contributed by atoms with Crippen LogP contribution in [0.1, 0.15) is 50.4 Å². The Kier molecular flexibility index (Phi) is 6.96. The Hall–Kier alpha value is -5.70. The van der Waals surface area contributed by atoms with E-state index in [1.807, 2.05) is 65.7 Å². The Morgan fingerprint density at radius 3 is 2.24 bits per heavy atom. The van der Waals surface area contributed by atoms with E-state index >= 15 is 4.79 Å². The average molecular weight is 615 g/mol. The van der Waals surface area contributed by atoms with E-state index in [2.05, 4.69) is 5.32 Å². The van der Waals surface area contributed by atoms with Gasteiger partial charge in [0.05, 0.1) is 26.2 Å². The fraction of sp³-hybridized carbons (Fsp3) is 0.189. The van der Waals surface area contributed by atoms with Gasteiger partial charge in [0.15, 0.2) is 23.1 Å². The van der Waals surface area contributed by atoms with E-state index in [9.17, 15) is 14.4 Å². The van der Waals surface area contributed by atoms with Crippen LogP contribution in [0.3, 0.4) is 0 Å². The molecular formula is C37H30N2O7. The molecule has 4 atom stereocenters. The number of Topliss-reactive ketones (excluding diaryl/α,β-unsaturated/α-hetero) is 2. The van der Waals surface area contributed by atoms with Crippen molar-refractivity contribution in [2.45, 2.75) is 24.4 Å². The summed E-state index contributed by atoms with van der Waals surface area (Å²) in [4.78, 5) is 57.8. The largest absolute Gasteiger partial charge is 0.493 e. The first kappa shape index (κ1) is 29.0. The number of methoxy groups -OCH3 is 2. The zero-order chi connectivity index (χ0) is 32.2. The monoisotopic (exact) mass is 614 g/mol. The smallest absolute Gasteiger partial charge is 0.308 e. The fourth-order valence-electron chi connectivity index (χ4n) is 7.36. The molecule has 0 aliphatic carbocycles. The van der Waals surface area contributed by atoms with Gasteiger partial charge in [-0.1, -0.05) is 42.5 Å². The van der Waals surface area contributed by atoms with Gasteiger partial charge in [0.2, 0.25) is 5.91 Å². The van der Waals surface area contributed by atoms with Crippen LogP contribution in [0.2, 0.25) is 0 Å². The van der Waals surface area contributed by atoms with Crippen LogP contribution in [-0.4, -0.2) is 48.6 Å². The van der Waals surface area contributed by atoms with Crippen molar-refractivity contribution in [2.75, 3.05) is 19.5 Å². The van der Waals surface area contributed by atoms with E-state index in [4.69, 9.17) is 14.2 Å². The lowest BCUT2D eigenvalue weighted by Crippen LogP contribution is -2.49. The molecule has 3 heterocycles. The highest BCUT2D eigenvalue weighted by molar-refractivity contribution is 6.16. The van der Waals surface area contributed by atoms with Crippen LogP contribution in [0.15, 0.2) is 97.2 Å². The number of ether oxygens (including phenoxy) is 3.